The molecular weight excluding hydrogens is 271 g/mol. The van der Waals surface area contributed by atoms with E-state index in [-0.39, 0.29) is 0 Å². The molecule has 3 nitrogen and oxygen atoms in total. The second kappa shape index (κ2) is 5.74. The van der Waals surface area contributed by atoms with Crippen molar-refractivity contribution in [3.05, 3.63) is 51.8 Å². The highest BCUT2D eigenvalue weighted by atomic mass is 35.5. The number of hydrogen-bond acceptors (Lipinski definition) is 2. The highest BCUT2D eigenvalue weighted by Crippen LogP contribution is 2.22. The van der Waals surface area contributed by atoms with Crippen LogP contribution in [0, 0.1) is 0 Å². The molecule has 0 radical (unpaired) electrons. The van der Waals surface area contributed by atoms with Gasteiger partial charge in [-0.05, 0) is 24.1 Å². The molecule has 0 saturated heterocycles. The molecule has 1 heterocycles. The van der Waals surface area contributed by atoms with Gasteiger partial charge in [-0.15, -0.1) is 0 Å². The van der Waals surface area contributed by atoms with Crippen LogP contribution in [-0.2, 0) is 6.54 Å². The quantitative estimate of drug-likeness (QED) is 0.930. The Balaban J connectivity index is 2.16. The second-order valence-electron chi connectivity index (χ2n) is 4.13. The van der Waals surface area contributed by atoms with Crippen molar-refractivity contribution in [1.82, 2.24) is 9.78 Å². The van der Waals surface area contributed by atoms with Gasteiger partial charge in [0.15, 0.2) is 0 Å². The van der Waals surface area contributed by atoms with Gasteiger partial charge in [0.05, 0.1) is 18.8 Å². The molecule has 0 saturated carbocycles. The molecule has 96 valence electrons. The Kier molecular flexibility index (Phi) is 4.27. The number of aliphatic hydroxyl groups excluding tert-OH is 1. The van der Waals surface area contributed by atoms with E-state index in [4.69, 9.17) is 23.2 Å². The summed E-state index contributed by atoms with van der Waals surface area (Å²) in [5, 5.41) is 15.1. The van der Waals surface area contributed by atoms with Crippen LogP contribution in [0.2, 0.25) is 10.0 Å². The van der Waals surface area contributed by atoms with Crippen LogP contribution < -0.4 is 0 Å². The summed E-state index contributed by atoms with van der Waals surface area (Å²) in [4.78, 5) is 0. The zero-order valence-electron chi connectivity index (χ0n) is 9.98. The molecule has 0 amide bonds. The summed E-state index contributed by atoms with van der Waals surface area (Å²) in [6.07, 6.45) is 3.73. The van der Waals surface area contributed by atoms with Crippen molar-refractivity contribution in [3.63, 3.8) is 0 Å². The SMILES string of the molecule is CCC(O)c1cnn(Cc2ccc(Cl)cc2Cl)c1. The molecule has 1 N–H and O–H groups in total. The monoisotopic (exact) mass is 284 g/mol. The summed E-state index contributed by atoms with van der Waals surface area (Å²) in [6.45, 7) is 2.49. The lowest BCUT2D eigenvalue weighted by Gasteiger charge is -2.05. The first kappa shape index (κ1) is 13.4. The van der Waals surface area contributed by atoms with Crippen molar-refractivity contribution in [1.29, 1.82) is 0 Å². The van der Waals surface area contributed by atoms with Crippen molar-refractivity contribution in [2.45, 2.75) is 26.0 Å². The second-order valence-corrected chi connectivity index (χ2v) is 4.97. The highest BCUT2D eigenvalue weighted by Gasteiger charge is 2.08. The maximum Gasteiger partial charge on any atom is 0.0817 e. The van der Waals surface area contributed by atoms with Crippen LogP contribution >= 0.6 is 23.2 Å². The Morgan fingerprint density at radius 3 is 2.83 bits per heavy atom. The third kappa shape index (κ3) is 3.05. The first-order chi connectivity index (χ1) is 8.60. The fraction of sp³-hybridized carbons (Fsp3) is 0.308. The van der Waals surface area contributed by atoms with Crippen LogP contribution in [0.1, 0.15) is 30.6 Å². The molecule has 0 spiro atoms. The van der Waals surface area contributed by atoms with E-state index in [1.54, 1.807) is 23.0 Å². The van der Waals surface area contributed by atoms with Crippen LogP contribution in [0.5, 0.6) is 0 Å². The molecule has 0 bridgehead atoms. The van der Waals surface area contributed by atoms with Crippen LogP contribution in [0.15, 0.2) is 30.6 Å². The molecule has 0 aliphatic rings. The Bertz CT molecular complexity index is 540. The molecule has 0 aliphatic carbocycles. The van der Waals surface area contributed by atoms with E-state index in [1.807, 2.05) is 19.2 Å². The van der Waals surface area contributed by atoms with E-state index in [9.17, 15) is 5.11 Å². The van der Waals surface area contributed by atoms with Crippen molar-refractivity contribution in [2.24, 2.45) is 0 Å². The van der Waals surface area contributed by atoms with E-state index in [0.29, 0.717) is 23.0 Å². The number of halogens is 2. The number of aromatic nitrogens is 2. The molecule has 0 aliphatic heterocycles. The van der Waals surface area contributed by atoms with Crippen molar-refractivity contribution in [3.8, 4) is 0 Å². The molecule has 1 unspecified atom stereocenters. The minimum absolute atomic E-state index is 0.459. The predicted molar refractivity (Wildman–Crippen MR) is 73.0 cm³/mol. The molecule has 2 rings (SSSR count). The third-order valence-corrected chi connectivity index (χ3v) is 3.36. The zero-order chi connectivity index (χ0) is 13.1. The number of aliphatic hydroxyl groups is 1. The minimum Gasteiger partial charge on any atom is -0.388 e. The standard InChI is InChI=1S/C13H14Cl2N2O/c1-2-13(18)10-6-16-17(8-10)7-9-3-4-11(14)5-12(9)15/h3-6,8,13,18H,2,7H2,1H3. The lowest BCUT2D eigenvalue weighted by Crippen LogP contribution is -2.01. The summed E-state index contributed by atoms with van der Waals surface area (Å²) in [5.41, 5.74) is 1.77. The fourth-order valence-corrected chi connectivity index (χ4v) is 2.17. The summed E-state index contributed by atoms with van der Waals surface area (Å²) in [5.74, 6) is 0. The van der Waals surface area contributed by atoms with Gasteiger partial charge in [0.25, 0.3) is 0 Å². The van der Waals surface area contributed by atoms with E-state index in [2.05, 4.69) is 5.10 Å². The zero-order valence-corrected chi connectivity index (χ0v) is 11.5. The van der Waals surface area contributed by atoms with E-state index >= 15 is 0 Å². The molecule has 1 aromatic heterocycles. The molecule has 1 atom stereocenters. The van der Waals surface area contributed by atoms with E-state index in [0.717, 1.165) is 11.1 Å². The number of rotatable bonds is 4. The lowest BCUT2D eigenvalue weighted by molar-refractivity contribution is 0.173. The van der Waals surface area contributed by atoms with Crippen molar-refractivity contribution in [2.75, 3.05) is 0 Å². The molecular formula is C13H14Cl2N2O. The average Bonchev–Trinajstić information content (AvgIpc) is 2.80. The van der Waals surface area contributed by atoms with Gasteiger partial charge in [-0.2, -0.15) is 5.10 Å². The summed E-state index contributed by atoms with van der Waals surface area (Å²) in [6, 6.07) is 5.39. The van der Waals surface area contributed by atoms with Gasteiger partial charge >= 0.3 is 0 Å². The van der Waals surface area contributed by atoms with Crippen LogP contribution in [-0.4, -0.2) is 14.9 Å². The van der Waals surface area contributed by atoms with Crippen LogP contribution in [0.4, 0.5) is 0 Å². The summed E-state index contributed by atoms with van der Waals surface area (Å²) in [7, 11) is 0. The van der Waals surface area contributed by atoms with Gasteiger partial charge in [-0.1, -0.05) is 36.2 Å². The molecule has 18 heavy (non-hydrogen) atoms. The van der Waals surface area contributed by atoms with Gasteiger partial charge in [-0.3, -0.25) is 4.68 Å². The Hall–Kier alpha value is -1.03. The minimum atomic E-state index is -0.459. The maximum absolute atomic E-state index is 9.70. The van der Waals surface area contributed by atoms with Gasteiger partial charge in [0.1, 0.15) is 0 Å². The lowest BCUT2D eigenvalue weighted by atomic mass is 10.1. The highest BCUT2D eigenvalue weighted by molar-refractivity contribution is 6.35. The van der Waals surface area contributed by atoms with Gasteiger partial charge in [-0.25, -0.2) is 0 Å². The Morgan fingerprint density at radius 2 is 2.17 bits per heavy atom. The Morgan fingerprint density at radius 1 is 1.39 bits per heavy atom. The first-order valence-electron chi connectivity index (χ1n) is 5.74. The average molecular weight is 285 g/mol. The molecule has 2 aromatic rings. The third-order valence-electron chi connectivity index (χ3n) is 2.77. The molecule has 1 aromatic carbocycles. The molecule has 0 fully saturated rings. The summed E-state index contributed by atoms with van der Waals surface area (Å²) < 4.78 is 1.75. The molecule has 5 heteroatoms. The normalized spacial score (nSPS) is 12.7. The van der Waals surface area contributed by atoms with Crippen molar-refractivity contribution < 1.29 is 5.11 Å². The smallest absolute Gasteiger partial charge is 0.0817 e. The fourth-order valence-electron chi connectivity index (χ4n) is 1.70. The van der Waals surface area contributed by atoms with Gasteiger partial charge in [0, 0.05) is 21.8 Å². The van der Waals surface area contributed by atoms with Crippen LogP contribution in [0.3, 0.4) is 0 Å². The number of nitrogens with zero attached hydrogens (tertiary/aromatic N) is 2. The first-order valence-corrected chi connectivity index (χ1v) is 6.50. The number of hydrogen-bond donors (Lipinski definition) is 1. The van der Waals surface area contributed by atoms with Gasteiger partial charge < -0.3 is 5.11 Å². The van der Waals surface area contributed by atoms with E-state index in [1.165, 1.54) is 0 Å². The predicted octanol–water partition coefficient (Wildman–Crippen LogP) is 3.68. The maximum atomic E-state index is 9.70. The van der Waals surface area contributed by atoms with Gasteiger partial charge in [0.2, 0.25) is 0 Å². The van der Waals surface area contributed by atoms with E-state index < -0.39 is 6.10 Å². The number of benzene rings is 1. The van der Waals surface area contributed by atoms with Crippen LogP contribution in [0.25, 0.3) is 0 Å². The largest absolute Gasteiger partial charge is 0.388 e. The Labute approximate surface area is 116 Å². The topological polar surface area (TPSA) is 38.1 Å². The summed E-state index contributed by atoms with van der Waals surface area (Å²) >= 11 is 11.9. The van der Waals surface area contributed by atoms with Crippen molar-refractivity contribution >= 4 is 23.2 Å².